The lowest BCUT2D eigenvalue weighted by molar-refractivity contribution is 0.0974. The highest BCUT2D eigenvalue weighted by Crippen LogP contribution is 2.32. The molecule has 2 heterocycles. The summed E-state index contributed by atoms with van der Waals surface area (Å²) in [4.78, 5) is 26.4. The summed E-state index contributed by atoms with van der Waals surface area (Å²) in [6, 6.07) is 11.0. The Hall–Kier alpha value is -2.43. The molecule has 2 aromatic rings. The van der Waals surface area contributed by atoms with Crippen LogP contribution < -0.4 is 10.5 Å². The summed E-state index contributed by atoms with van der Waals surface area (Å²) in [7, 11) is 0. The number of rotatable bonds is 3. The monoisotopic (exact) mass is 297 g/mol. The molecule has 22 heavy (non-hydrogen) atoms. The summed E-state index contributed by atoms with van der Waals surface area (Å²) >= 11 is 0. The van der Waals surface area contributed by atoms with E-state index >= 15 is 0 Å². The molecule has 1 amide bonds. The molecule has 1 atom stereocenters. The molecule has 1 unspecified atom stereocenters. The largest absolute Gasteiger partial charge is 0.304 e. The molecule has 0 saturated heterocycles. The van der Waals surface area contributed by atoms with E-state index in [0.717, 1.165) is 18.5 Å². The van der Waals surface area contributed by atoms with Crippen LogP contribution in [0, 0.1) is 0 Å². The van der Waals surface area contributed by atoms with Gasteiger partial charge in [-0.05, 0) is 37.5 Å². The van der Waals surface area contributed by atoms with Crippen molar-refractivity contribution >= 4 is 11.6 Å². The van der Waals surface area contributed by atoms with Crippen LogP contribution in [0.3, 0.4) is 0 Å². The Kier molecular flexibility index (Phi) is 3.79. The van der Waals surface area contributed by atoms with E-state index in [2.05, 4.69) is 5.10 Å². The van der Waals surface area contributed by atoms with Gasteiger partial charge in [-0.25, -0.2) is 4.68 Å². The summed E-state index contributed by atoms with van der Waals surface area (Å²) in [5, 5.41) is 4.23. The zero-order valence-corrected chi connectivity index (χ0v) is 12.8. The number of fused-ring (bicyclic) bond motifs is 1. The Balaban J connectivity index is 1.98. The Morgan fingerprint density at radius 2 is 2.05 bits per heavy atom. The van der Waals surface area contributed by atoms with Crippen LogP contribution in [0.2, 0.25) is 0 Å². The van der Waals surface area contributed by atoms with Gasteiger partial charge in [-0.3, -0.25) is 9.59 Å². The molecule has 0 saturated carbocycles. The van der Waals surface area contributed by atoms with Gasteiger partial charge in [0.15, 0.2) is 0 Å². The number of amides is 1. The number of anilines is 1. The first kappa shape index (κ1) is 14.5. The van der Waals surface area contributed by atoms with E-state index in [1.54, 1.807) is 4.90 Å². The van der Waals surface area contributed by atoms with Crippen LogP contribution in [-0.2, 0) is 13.0 Å². The van der Waals surface area contributed by atoms with Crippen molar-refractivity contribution in [3.63, 3.8) is 0 Å². The number of benzene rings is 1. The van der Waals surface area contributed by atoms with Gasteiger partial charge in [0.05, 0.1) is 0 Å². The molecule has 0 fully saturated rings. The number of hydrogen-bond donors (Lipinski definition) is 0. The Labute approximate surface area is 129 Å². The van der Waals surface area contributed by atoms with Crippen molar-refractivity contribution in [3.05, 3.63) is 58.0 Å². The lowest BCUT2D eigenvalue weighted by atomic mass is 10.1. The minimum atomic E-state index is -0.173. The first-order valence-electron chi connectivity index (χ1n) is 7.61. The first-order chi connectivity index (χ1) is 10.6. The van der Waals surface area contributed by atoms with Gasteiger partial charge in [0, 0.05) is 24.3 Å². The number of para-hydroxylation sites is 1. The van der Waals surface area contributed by atoms with Crippen molar-refractivity contribution in [2.24, 2.45) is 0 Å². The molecule has 1 aromatic heterocycles. The zero-order valence-electron chi connectivity index (χ0n) is 12.8. The normalized spacial score (nSPS) is 16.6. The second-order valence-corrected chi connectivity index (χ2v) is 5.64. The molecule has 5 nitrogen and oxygen atoms in total. The topological polar surface area (TPSA) is 55.2 Å². The number of carbonyl (C=O) groups is 1. The third kappa shape index (κ3) is 2.43. The van der Waals surface area contributed by atoms with Gasteiger partial charge in [0.2, 0.25) is 0 Å². The minimum Gasteiger partial charge on any atom is -0.304 e. The average Bonchev–Trinajstić information content (AvgIpc) is 2.85. The van der Waals surface area contributed by atoms with Crippen LogP contribution >= 0.6 is 0 Å². The molecule has 1 aliphatic rings. The van der Waals surface area contributed by atoms with Crippen LogP contribution in [0.1, 0.15) is 36.3 Å². The first-order valence-corrected chi connectivity index (χ1v) is 7.61. The van der Waals surface area contributed by atoms with Crippen molar-refractivity contribution in [2.75, 3.05) is 4.90 Å². The smallest absolute Gasteiger partial charge is 0.278 e. The molecule has 0 radical (unpaired) electrons. The van der Waals surface area contributed by atoms with Crippen LogP contribution in [0.5, 0.6) is 0 Å². The molecule has 114 valence electrons. The predicted molar refractivity (Wildman–Crippen MR) is 85.2 cm³/mol. The molecular formula is C17H19N3O2. The van der Waals surface area contributed by atoms with Gasteiger partial charge in [0.1, 0.15) is 5.69 Å². The fourth-order valence-corrected chi connectivity index (χ4v) is 2.93. The molecule has 0 aliphatic carbocycles. The molecule has 5 heteroatoms. The van der Waals surface area contributed by atoms with Crippen LogP contribution in [-0.4, -0.2) is 21.7 Å². The molecule has 3 rings (SSSR count). The highest BCUT2D eigenvalue weighted by Gasteiger charge is 2.32. The van der Waals surface area contributed by atoms with Crippen molar-refractivity contribution < 1.29 is 4.79 Å². The fourth-order valence-electron chi connectivity index (χ4n) is 2.93. The predicted octanol–water partition coefficient (Wildman–Crippen LogP) is 2.24. The van der Waals surface area contributed by atoms with Gasteiger partial charge in [-0.15, -0.1) is 0 Å². The SMILES string of the molecule is CCCn1nc(C(=O)N2c3ccccc3CC2C)ccc1=O. The van der Waals surface area contributed by atoms with Crippen molar-refractivity contribution in [1.82, 2.24) is 9.78 Å². The van der Waals surface area contributed by atoms with Gasteiger partial charge in [-0.1, -0.05) is 25.1 Å². The molecular weight excluding hydrogens is 278 g/mol. The molecule has 1 aromatic carbocycles. The third-order valence-electron chi connectivity index (χ3n) is 3.95. The highest BCUT2D eigenvalue weighted by atomic mass is 16.2. The maximum atomic E-state index is 12.8. The number of aryl methyl sites for hydroxylation is 1. The van der Waals surface area contributed by atoms with Crippen LogP contribution in [0.15, 0.2) is 41.2 Å². The van der Waals surface area contributed by atoms with E-state index in [0.29, 0.717) is 12.2 Å². The lowest BCUT2D eigenvalue weighted by Crippen LogP contribution is -2.37. The summed E-state index contributed by atoms with van der Waals surface area (Å²) in [5.41, 5.74) is 2.25. The second-order valence-electron chi connectivity index (χ2n) is 5.64. The number of nitrogens with zero attached hydrogens (tertiary/aromatic N) is 3. The van der Waals surface area contributed by atoms with Crippen molar-refractivity contribution in [3.8, 4) is 0 Å². The minimum absolute atomic E-state index is 0.0956. The maximum Gasteiger partial charge on any atom is 0.278 e. The van der Waals surface area contributed by atoms with Crippen molar-refractivity contribution in [1.29, 1.82) is 0 Å². The van der Waals surface area contributed by atoms with Gasteiger partial charge >= 0.3 is 0 Å². The zero-order chi connectivity index (χ0) is 15.7. The summed E-state index contributed by atoms with van der Waals surface area (Å²) in [5.74, 6) is -0.151. The lowest BCUT2D eigenvalue weighted by Gasteiger charge is -2.22. The number of aromatic nitrogens is 2. The maximum absolute atomic E-state index is 12.8. The van der Waals surface area contributed by atoms with Gasteiger partial charge < -0.3 is 4.90 Å². The molecule has 0 N–H and O–H groups in total. The fraction of sp³-hybridized carbons (Fsp3) is 0.353. The molecule has 1 aliphatic heterocycles. The summed E-state index contributed by atoms with van der Waals surface area (Å²) < 4.78 is 1.36. The Morgan fingerprint density at radius 1 is 1.27 bits per heavy atom. The van der Waals surface area contributed by atoms with Crippen molar-refractivity contribution in [2.45, 2.75) is 39.3 Å². The molecule has 0 spiro atoms. The van der Waals surface area contributed by atoms with E-state index < -0.39 is 0 Å². The van der Waals surface area contributed by atoms with Crippen LogP contribution in [0.25, 0.3) is 0 Å². The third-order valence-corrected chi connectivity index (χ3v) is 3.95. The van der Waals surface area contributed by atoms with E-state index in [-0.39, 0.29) is 17.5 Å². The Bertz CT molecular complexity index is 766. The average molecular weight is 297 g/mol. The van der Waals surface area contributed by atoms with E-state index in [1.807, 2.05) is 38.1 Å². The highest BCUT2D eigenvalue weighted by molar-refractivity contribution is 6.06. The van der Waals surface area contributed by atoms with E-state index in [9.17, 15) is 9.59 Å². The molecule has 0 bridgehead atoms. The van der Waals surface area contributed by atoms with E-state index in [4.69, 9.17) is 0 Å². The number of carbonyl (C=O) groups excluding carboxylic acids is 1. The van der Waals surface area contributed by atoms with Gasteiger partial charge in [0.25, 0.3) is 11.5 Å². The second kappa shape index (κ2) is 5.75. The van der Waals surface area contributed by atoms with Crippen LogP contribution in [0.4, 0.5) is 5.69 Å². The number of hydrogen-bond acceptors (Lipinski definition) is 3. The quantitative estimate of drug-likeness (QED) is 0.873. The standard InChI is InChI=1S/C17H19N3O2/c1-3-10-19-16(21)9-8-14(18-19)17(22)20-12(2)11-13-6-4-5-7-15(13)20/h4-9,12H,3,10-11H2,1-2H3. The summed E-state index contributed by atoms with van der Waals surface area (Å²) in [6.45, 7) is 4.52. The summed E-state index contributed by atoms with van der Waals surface area (Å²) in [6.07, 6.45) is 1.64. The Morgan fingerprint density at radius 3 is 2.82 bits per heavy atom. The van der Waals surface area contributed by atoms with Gasteiger partial charge in [-0.2, -0.15) is 5.10 Å². The van der Waals surface area contributed by atoms with E-state index in [1.165, 1.54) is 22.4 Å².